The largest absolute Gasteiger partial charge is 0.306 e. The summed E-state index contributed by atoms with van der Waals surface area (Å²) in [5.74, 6) is -0.648. The number of benzene rings is 2. The van der Waals surface area contributed by atoms with Crippen LogP contribution in [0.3, 0.4) is 0 Å². The Labute approximate surface area is 177 Å². The van der Waals surface area contributed by atoms with Gasteiger partial charge in [-0.25, -0.2) is 9.07 Å². The molecular weight excluding hydrogens is 424 g/mol. The minimum absolute atomic E-state index is 0.130. The molecule has 0 atom stereocenters. The summed E-state index contributed by atoms with van der Waals surface area (Å²) in [5, 5.41) is 8.17. The molecule has 0 saturated heterocycles. The molecular formula is C20H17Cl3FN3O. The molecule has 8 heteroatoms. The summed E-state index contributed by atoms with van der Waals surface area (Å²) in [7, 11) is 0. The molecule has 0 saturated carbocycles. The Morgan fingerprint density at radius 2 is 1.75 bits per heavy atom. The highest BCUT2D eigenvalue weighted by atomic mass is 35.5. The predicted molar refractivity (Wildman–Crippen MR) is 112 cm³/mol. The molecule has 0 radical (unpaired) electrons. The summed E-state index contributed by atoms with van der Waals surface area (Å²) >= 11 is 18.2. The minimum Gasteiger partial charge on any atom is -0.306 e. The van der Waals surface area contributed by atoms with E-state index in [-0.39, 0.29) is 16.0 Å². The smallest absolute Gasteiger partial charge is 0.256 e. The van der Waals surface area contributed by atoms with E-state index in [0.717, 1.165) is 11.8 Å². The lowest BCUT2D eigenvalue weighted by Crippen LogP contribution is -2.15. The van der Waals surface area contributed by atoms with Gasteiger partial charge in [-0.15, -0.1) is 0 Å². The molecule has 1 aromatic heterocycles. The van der Waals surface area contributed by atoms with Crippen molar-refractivity contribution >= 4 is 46.5 Å². The molecule has 0 bridgehead atoms. The molecule has 0 unspecified atom stereocenters. The van der Waals surface area contributed by atoms with Crippen molar-refractivity contribution in [1.82, 2.24) is 9.78 Å². The van der Waals surface area contributed by atoms with Crippen LogP contribution in [0.15, 0.2) is 42.5 Å². The maximum atomic E-state index is 13.4. The second-order valence-electron chi connectivity index (χ2n) is 7.26. The van der Waals surface area contributed by atoms with Gasteiger partial charge in [-0.3, -0.25) is 4.79 Å². The van der Waals surface area contributed by atoms with Crippen LogP contribution in [-0.2, 0) is 5.41 Å². The summed E-state index contributed by atoms with van der Waals surface area (Å²) in [5.41, 5.74) is 1.22. The highest BCUT2D eigenvalue weighted by Gasteiger charge is 2.23. The summed E-state index contributed by atoms with van der Waals surface area (Å²) < 4.78 is 14.9. The van der Waals surface area contributed by atoms with Crippen LogP contribution in [0, 0.1) is 5.82 Å². The van der Waals surface area contributed by atoms with E-state index in [1.807, 2.05) is 20.8 Å². The van der Waals surface area contributed by atoms with Crippen molar-refractivity contribution < 1.29 is 9.18 Å². The first-order valence-electron chi connectivity index (χ1n) is 8.38. The fraction of sp³-hybridized carbons (Fsp3) is 0.200. The highest BCUT2D eigenvalue weighted by molar-refractivity contribution is 6.34. The number of carbonyl (C=O) groups is 1. The highest BCUT2D eigenvalue weighted by Crippen LogP contribution is 2.31. The van der Waals surface area contributed by atoms with Gasteiger partial charge in [0, 0.05) is 22.1 Å². The lowest BCUT2D eigenvalue weighted by molar-refractivity contribution is 0.102. The van der Waals surface area contributed by atoms with Gasteiger partial charge in [0.2, 0.25) is 0 Å². The monoisotopic (exact) mass is 439 g/mol. The zero-order valence-electron chi connectivity index (χ0n) is 15.4. The van der Waals surface area contributed by atoms with E-state index in [9.17, 15) is 9.18 Å². The number of hydrogen-bond acceptors (Lipinski definition) is 2. The summed E-state index contributed by atoms with van der Waals surface area (Å²) in [4.78, 5) is 12.7. The second-order valence-corrected chi connectivity index (χ2v) is 8.51. The maximum Gasteiger partial charge on any atom is 0.256 e. The first kappa shape index (κ1) is 20.6. The van der Waals surface area contributed by atoms with E-state index in [2.05, 4.69) is 10.4 Å². The average Bonchev–Trinajstić information content (AvgIpc) is 3.03. The average molecular weight is 441 g/mol. The molecule has 3 rings (SSSR count). The number of anilines is 1. The minimum atomic E-state index is -0.594. The van der Waals surface area contributed by atoms with Gasteiger partial charge in [0.05, 0.1) is 21.4 Å². The third-order valence-electron chi connectivity index (χ3n) is 4.04. The number of hydrogen-bond donors (Lipinski definition) is 1. The zero-order valence-corrected chi connectivity index (χ0v) is 17.6. The van der Waals surface area contributed by atoms with Gasteiger partial charge in [0.25, 0.3) is 5.91 Å². The number of carbonyl (C=O) groups excluding carboxylic acids is 1. The van der Waals surface area contributed by atoms with Gasteiger partial charge in [0.1, 0.15) is 11.6 Å². The first-order chi connectivity index (χ1) is 13.1. The Balaban J connectivity index is 2.06. The van der Waals surface area contributed by atoms with Crippen LogP contribution in [0.4, 0.5) is 10.2 Å². The molecule has 1 amide bonds. The molecule has 0 aliphatic carbocycles. The van der Waals surface area contributed by atoms with Crippen molar-refractivity contribution in [2.45, 2.75) is 26.2 Å². The number of aromatic nitrogens is 2. The summed E-state index contributed by atoms with van der Waals surface area (Å²) in [6, 6.07) is 10.5. The van der Waals surface area contributed by atoms with Crippen molar-refractivity contribution in [3.05, 3.63) is 74.6 Å². The number of halogens is 4. The lowest BCUT2D eigenvalue weighted by Gasteiger charge is -2.14. The van der Waals surface area contributed by atoms with Crippen LogP contribution in [0.25, 0.3) is 5.69 Å². The Morgan fingerprint density at radius 1 is 1.04 bits per heavy atom. The summed E-state index contributed by atoms with van der Waals surface area (Å²) in [6.45, 7) is 6.01. The second kappa shape index (κ2) is 7.74. The quantitative estimate of drug-likeness (QED) is 0.504. The number of nitrogens with zero attached hydrogens (tertiary/aromatic N) is 2. The lowest BCUT2D eigenvalue weighted by atomic mass is 9.92. The van der Waals surface area contributed by atoms with E-state index in [1.54, 1.807) is 24.3 Å². The Kier molecular flexibility index (Phi) is 5.71. The Bertz CT molecular complexity index is 1060. The van der Waals surface area contributed by atoms with E-state index >= 15 is 0 Å². The van der Waals surface area contributed by atoms with Gasteiger partial charge in [-0.05, 0) is 36.4 Å². The van der Waals surface area contributed by atoms with Crippen molar-refractivity contribution in [2.24, 2.45) is 0 Å². The van der Waals surface area contributed by atoms with Gasteiger partial charge in [-0.1, -0.05) is 55.6 Å². The van der Waals surface area contributed by atoms with Crippen molar-refractivity contribution in [3.63, 3.8) is 0 Å². The van der Waals surface area contributed by atoms with E-state index in [0.29, 0.717) is 21.6 Å². The van der Waals surface area contributed by atoms with Crippen LogP contribution in [-0.4, -0.2) is 15.7 Å². The third-order valence-corrected chi connectivity index (χ3v) is 4.88. The molecule has 1 N–H and O–H groups in total. The fourth-order valence-electron chi connectivity index (χ4n) is 2.49. The number of nitrogens with one attached hydrogen (secondary N) is 1. The Hall–Kier alpha value is -2.08. The standard InChI is InChI=1S/C20H17Cl3FN3O/c1-20(2,3)17-10-18(25-19(28)11-4-7-15(24)14(23)8-11)27(26-17)16-9-12(21)5-6-13(16)22/h4-10H,1-3H3,(H,25,28). The van der Waals surface area contributed by atoms with Gasteiger partial charge >= 0.3 is 0 Å². The predicted octanol–water partition coefficient (Wildman–Crippen LogP) is 6.52. The zero-order chi connectivity index (χ0) is 20.6. The number of rotatable bonds is 3. The van der Waals surface area contributed by atoms with Crippen molar-refractivity contribution in [2.75, 3.05) is 5.32 Å². The maximum absolute atomic E-state index is 13.4. The van der Waals surface area contributed by atoms with E-state index < -0.39 is 11.7 Å². The van der Waals surface area contributed by atoms with Gasteiger partial charge in [0.15, 0.2) is 0 Å². The molecule has 2 aromatic carbocycles. The molecule has 146 valence electrons. The van der Waals surface area contributed by atoms with Crippen LogP contribution < -0.4 is 5.32 Å². The van der Waals surface area contributed by atoms with Crippen molar-refractivity contribution in [3.8, 4) is 5.69 Å². The van der Waals surface area contributed by atoms with E-state index in [4.69, 9.17) is 34.8 Å². The molecule has 0 fully saturated rings. The molecule has 28 heavy (non-hydrogen) atoms. The van der Waals surface area contributed by atoms with Crippen LogP contribution in [0.2, 0.25) is 15.1 Å². The van der Waals surface area contributed by atoms with Crippen LogP contribution in [0.1, 0.15) is 36.8 Å². The topological polar surface area (TPSA) is 46.9 Å². The van der Waals surface area contributed by atoms with Gasteiger partial charge in [-0.2, -0.15) is 5.10 Å². The normalized spacial score (nSPS) is 11.5. The molecule has 0 aliphatic heterocycles. The third kappa shape index (κ3) is 4.32. The van der Waals surface area contributed by atoms with Crippen molar-refractivity contribution in [1.29, 1.82) is 0 Å². The SMILES string of the molecule is CC(C)(C)c1cc(NC(=O)c2ccc(F)c(Cl)c2)n(-c2cc(Cl)ccc2Cl)n1. The molecule has 1 heterocycles. The molecule has 4 nitrogen and oxygen atoms in total. The van der Waals surface area contributed by atoms with E-state index in [1.165, 1.54) is 16.8 Å². The fourth-order valence-corrected chi connectivity index (χ4v) is 3.04. The molecule has 0 spiro atoms. The number of amides is 1. The molecule has 0 aliphatic rings. The first-order valence-corrected chi connectivity index (χ1v) is 9.52. The van der Waals surface area contributed by atoms with Crippen LogP contribution in [0.5, 0.6) is 0 Å². The summed E-state index contributed by atoms with van der Waals surface area (Å²) in [6.07, 6.45) is 0. The molecule has 3 aromatic rings. The Morgan fingerprint density at radius 3 is 2.39 bits per heavy atom. The van der Waals surface area contributed by atoms with Gasteiger partial charge < -0.3 is 5.32 Å². The van der Waals surface area contributed by atoms with Crippen LogP contribution >= 0.6 is 34.8 Å².